The lowest BCUT2D eigenvalue weighted by Crippen LogP contribution is -2.36. The second-order valence-electron chi connectivity index (χ2n) is 9.35. The van der Waals surface area contributed by atoms with Gasteiger partial charge in [-0.1, -0.05) is 60.2 Å². The molecule has 20 heavy (non-hydrogen) atoms. The molecule has 5 heteroatoms. The van der Waals surface area contributed by atoms with Crippen LogP contribution in [0.2, 0.25) is 41.0 Å². The predicted octanol–water partition coefficient (Wildman–Crippen LogP) is 4.42. The van der Waals surface area contributed by atoms with Crippen LogP contribution in [0.25, 0.3) is 0 Å². The van der Waals surface area contributed by atoms with E-state index in [9.17, 15) is 9.59 Å². The van der Waals surface area contributed by atoms with Crippen molar-refractivity contribution in [2.75, 3.05) is 0 Å². The maximum atomic E-state index is 9.49. The van der Waals surface area contributed by atoms with Gasteiger partial charge in [-0.25, -0.2) is 0 Å². The molecule has 0 saturated carbocycles. The second-order valence-corrected chi connectivity index (χ2v) is 20.9. The Kier molecular flexibility index (Phi) is 11.8. The molecule has 0 aromatic heterocycles. The molecule has 0 amide bonds. The minimum absolute atomic E-state index is 0.132. The van der Waals surface area contributed by atoms with Crippen molar-refractivity contribution in [1.82, 2.24) is 0 Å². The van der Waals surface area contributed by atoms with Crippen molar-refractivity contribution in [3.63, 3.8) is 0 Å². The number of rotatable bonds is 0. The van der Waals surface area contributed by atoms with E-state index in [0.717, 1.165) is 4.78 Å². The van der Waals surface area contributed by atoms with E-state index in [1.807, 2.05) is 26.2 Å². The van der Waals surface area contributed by atoms with Gasteiger partial charge in [0.2, 0.25) is 16.3 Å². The van der Waals surface area contributed by atoms with E-state index in [0.29, 0.717) is 0 Å². The van der Waals surface area contributed by atoms with E-state index >= 15 is 0 Å². The first-order valence-corrected chi connectivity index (χ1v) is 14.7. The fourth-order valence-electron chi connectivity index (χ4n) is 0. The van der Waals surface area contributed by atoms with Gasteiger partial charge in [-0.15, -0.1) is 0 Å². The van der Waals surface area contributed by atoms with E-state index in [1.54, 1.807) is 0 Å². The Morgan fingerprint density at radius 2 is 0.750 bits per heavy atom. The van der Waals surface area contributed by atoms with Crippen LogP contribution in [0.3, 0.4) is 0 Å². The lowest BCUT2D eigenvalue weighted by molar-refractivity contribution is 0.487. The van der Waals surface area contributed by atoms with Gasteiger partial charge in [0.15, 0.2) is 16.6 Å². The third kappa shape index (κ3) is 16.9. The second kappa shape index (κ2) is 9.12. The first kappa shape index (κ1) is 25.8. The zero-order valence-corrected chi connectivity index (χ0v) is 20.5. The molecule has 0 atom stereocenters. The van der Waals surface area contributed by atoms with Gasteiger partial charge >= 0.3 is 0 Å². The molecule has 0 fully saturated rings. The molecular formula is C15H41AlO2Si2. The van der Waals surface area contributed by atoms with Gasteiger partial charge in [-0.2, -0.15) is 0 Å². The van der Waals surface area contributed by atoms with Crippen LogP contribution in [-0.4, -0.2) is 42.5 Å². The molecule has 2 N–H and O–H groups in total. The SMILES string of the molecule is CC(C)(C)[Si](C)(C)O.CC(C)(C)[Si](C)(C)O.C[CH](C)[AlH2]. The Hall–Kier alpha value is 0.886. The Balaban J connectivity index is -0.000000230. The maximum Gasteiger partial charge on any atom is 0.215 e. The summed E-state index contributed by atoms with van der Waals surface area (Å²) in [5.41, 5.74) is 0. The van der Waals surface area contributed by atoms with Crippen LogP contribution in [0.4, 0.5) is 0 Å². The highest BCUT2D eigenvalue weighted by Crippen LogP contribution is 2.33. The van der Waals surface area contributed by atoms with Crippen LogP contribution in [0.15, 0.2) is 0 Å². The van der Waals surface area contributed by atoms with Gasteiger partial charge in [0.05, 0.1) is 0 Å². The van der Waals surface area contributed by atoms with Crippen molar-refractivity contribution in [3.8, 4) is 0 Å². The highest BCUT2D eigenvalue weighted by Gasteiger charge is 2.33. The molecule has 0 unspecified atom stereocenters. The molecule has 0 aliphatic rings. The molecule has 124 valence electrons. The molecule has 0 aromatic carbocycles. The van der Waals surface area contributed by atoms with Gasteiger partial charge < -0.3 is 9.59 Å². The monoisotopic (exact) mass is 336 g/mol. The van der Waals surface area contributed by atoms with Crippen LogP contribution in [0.1, 0.15) is 55.4 Å². The van der Waals surface area contributed by atoms with Crippen LogP contribution >= 0.6 is 0 Å². The third-order valence-corrected chi connectivity index (χ3v) is 11.0. The van der Waals surface area contributed by atoms with Gasteiger partial charge in [-0.3, -0.25) is 0 Å². The largest absolute Gasteiger partial charge is 0.432 e. The molecule has 2 nitrogen and oxygen atoms in total. The van der Waals surface area contributed by atoms with Crippen LogP contribution in [-0.2, 0) is 0 Å². The van der Waals surface area contributed by atoms with Crippen LogP contribution in [0, 0.1) is 0 Å². The lowest BCUT2D eigenvalue weighted by Gasteiger charge is -2.30. The number of hydrogen-bond acceptors (Lipinski definition) is 2. The Morgan fingerprint density at radius 1 is 0.700 bits per heavy atom. The molecule has 0 saturated heterocycles. The first-order valence-electron chi connectivity index (χ1n) is 7.68. The quantitative estimate of drug-likeness (QED) is 0.643. The minimum Gasteiger partial charge on any atom is -0.432 e. The highest BCUT2D eigenvalue weighted by atomic mass is 28.4. The van der Waals surface area contributed by atoms with Gasteiger partial charge in [-0.05, 0) is 36.3 Å². The van der Waals surface area contributed by atoms with Gasteiger partial charge in [0.25, 0.3) is 0 Å². The van der Waals surface area contributed by atoms with E-state index in [1.165, 1.54) is 16.3 Å². The zero-order valence-electron chi connectivity index (χ0n) is 16.5. The molecular weight excluding hydrogens is 295 g/mol. The van der Waals surface area contributed by atoms with Crippen molar-refractivity contribution >= 4 is 32.9 Å². The molecule has 0 heterocycles. The van der Waals surface area contributed by atoms with Crippen LogP contribution in [0.5, 0.6) is 0 Å². The van der Waals surface area contributed by atoms with Gasteiger partial charge in [0.1, 0.15) is 0 Å². The van der Waals surface area contributed by atoms with Crippen molar-refractivity contribution in [2.24, 2.45) is 0 Å². The smallest absolute Gasteiger partial charge is 0.215 e. The normalized spacial score (nSPS) is 13.2. The Bertz CT molecular complexity index is 190. The third-order valence-electron chi connectivity index (χ3n) is 3.67. The fraction of sp³-hybridized carbons (Fsp3) is 1.00. The molecule has 0 aliphatic heterocycles. The van der Waals surface area contributed by atoms with Gasteiger partial charge in [0, 0.05) is 0 Å². The summed E-state index contributed by atoms with van der Waals surface area (Å²) in [6.07, 6.45) is 0. The average Bonchev–Trinajstić information content (AvgIpc) is 1.94. The van der Waals surface area contributed by atoms with Crippen molar-refractivity contribution < 1.29 is 9.59 Å². The first-order chi connectivity index (χ1) is 8.23. The summed E-state index contributed by atoms with van der Waals surface area (Å²) in [6.45, 7) is 24.8. The Morgan fingerprint density at radius 3 is 0.750 bits per heavy atom. The summed E-state index contributed by atoms with van der Waals surface area (Å²) >= 11 is 1.35. The topological polar surface area (TPSA) is 40.5 Å². The molecule has 0 bridgehead atoms. The minimum atomic E-state index is -1.86. The highest BCUT2D eigenvalue weighted by molar-refractivity contribution is 6.73. The molecule has 0 radical (unpaired) electrons. The molecule has 0 rings (SSSR count). The fourth-order valence-corrected chi connectivity index (χ4v) is 0. The molecule has 0 aliphatic carbocycles. The van der Waals surface area contributed by atoms with Crippen LogP contribution < -0.4 is 0 Å². The summed E-state index contributed by atoms with van der Waals surface area (Å²) < 4.78 is 0.972. The van der Waals surface area contributed by atoms with Crippen molar-refractivity contribution in [2.45, 2.75) is 96.4 Å². The lowest BCUT2D eigenvalue weighted by atomic mass is 10.2. The average molecular weight is 337 g/mol. The van der Waals surface area contributed by atoms with E-state index < -0.39 is 16.6 Å². The summed E-state index contributed by atoms with van der Waals surface area (Å²) in [5, 5.41) is 0.264. The Labute approximate surface area is 139 Å². The van der Waals surface area contributed by atoms with E-state index in [-0.39, 0.29) is 10.1 Å². The number of hydrogen-bond donors (Lipinski definition) is 2. The predicted molar refractivity (Wildman–Crippen MR) is 102 cm³/mol. The summed E-state index contributed by atoms with van der Waals surface area (Å²) in [5.74, 6) is 0. The summed E-state index contributed by atoms with van der Waals surface area (Å²) in [6, 6.07) is 0. The summed E-state index contributed by atoms with van der Waals surface area (Å²) in [4.78, 5) is 19.0. The standard InChI is InChI=1S/2C6H16OSi.C3H7.Al.2H/c2*1-6(2,3)8(4,5)7;1-3-2;;;/h2*7H,1-5H3;3H,1-2H3;;;. The van der Waals surface area contributed by atoms with E-state index in [2.05, 4.69) is 55.4 Å². The van der Waals surface area contributed by atoms with Crippen molar-refractivity contribution in [1.29, 1.82) is 0 Å². The van der Waals surface area contributed by atoms with Crippen molar-refractivity contribution in [3.05, 3.63) is 0 Å². The maximum absolute atomic E-state index is 9.49. The summed E-state index contributed by atoms with van der Waals surface area (Å²) in [7, 11) is -3.72. The zero-order chi connectivity index (χ0) is 17.6. The van der Waals surface area contributed by atoms with E-state index in [4.69, 9.17) is 0 Å². The molecule has 0 aromatic rings. The molecule has 0 spiro atoms.